The molecule has 0 saturated carbocycles. The smallest absolute Gasteiger partial charge is 0.146 e. The molecular weight excluding hydrogens is 233 g/mol. The molecule has 2 rings (SSSR count). The van der Waals surface area contributed by atoms with Crippen LogP contribution in [-0.2, 0) is 13.5 Å². The van der Waals surface area contributed by atoms with Gasteiger partial charge >= 0.3 is 0 Å². The van der Waals surface area contributed by atoms with Crippen molar-refractivity contribution in [3.05, 3.63) is 47.8 Å². The van der Waals surface area contributed by atoms with Gasteiger partial charge < -0.3 is 0 Å². The van der Waals surface area contributed by atoms with Crippen LogP contribution < -0.4 is 11.3 Å². The second-order valence-corrected chi connectivity index (χ2v) is 4.15. The zero-order valence-corrected chi connectivity index (χ0v) is 10.2. The third-order valence-corrected chi connectivity index (χ3v) is 2.80. The molecule has 1 atom stereocenters. The molecule has 0 aromatic carbocycles. The van der Waals surface area contributed by atoms with Crippen molar-refractivity contribution in [3.63, 3.8) is 0 Å². The largest absolute Gasteiger partial charge is 0.276 e. The van der Waals surface area contributed by atoms with Gasteiger partial charge in [-0.15, -0.1) is 0 Å². The fraction of sp³-hybridized carbons (Fsp3) is 0.333. The minimum absolute atomic E-state index is 0.300. The van der Waals surface area contributed by atoms with Crippen molar-refractivity contribution in [2.75, 3.05) is 0 Å². The van der Waals surface area contributed by atoms with Gasteiger partial charge in [0, 0.05) is 19.4 Å². The molecule has 2 aromatic heterocycles. The van der Waals surface area contributed by atoms with E-state index < -0.39 is 0 Å². The Bertz CT molecular complexity index is 511. The number of aromatic nitrogens is 3. The Morgan fingerprint density at radius 3 is 3.00 bits per heavy atom. The van der Waals surface area contributed by atoms with Gasteiger partial charge in [-0.3, -0.25) is 20.9 Å². The van der Waals surface area contributed by atoms with Gasteiger partial charge in [-0.1, -0.05) is 0 Å². The van der Waals surface area contributed by atoms with Gasteiger partial charge in [-0.2, -0.15) is 5.10 Å². The van der Waals surface area contributed by atoms with Crippen LogP contribution in [0, 0.1) is 5.82 Å². The second-order valence-electron chi connectivity index (χ2n) is 4.15. The molecule has 1 unspecified atom stereocenters. The number of hydrogen-bond donors (Lipinski definition) is 2. The van der Waals surface area contributed by atoms with Crippen LogP contribution in [0.5, 0.6) is 0 Å². The molecule has 96 valence electrons. The third-order valence-electron chi connectivity index (χ3n) is 2.80. The van der Waals surface area contributed by atoms with E-state index in [-0.39, 0.29) is 11.9 Å². The van der Waals surface area contributed by atoms with Crippen LogP contribution in [0.2, 0.25) is 0 Å². The molecule has 18 heavy (non-hydrogen) atoms. The van der Waals surface area contributed by atoms with Crippen molar-refractivity contribution in [2.45, 2.75) is 18.9 Å². The van der Waals surface area contributed by atoms with Gasteiger partial charge in [0.15, 0.2) is 0 Å². The Balaban J connectivity index is 2.04. The maximum atomic E-state index is 13.6. The lowest BCUT2D eigenvalue weighted by molar-refractivity contribution is 0.471. The standard InChI is InChI=1S/C12H16FN5/c1-18-8-9(7-16-18)4-5-11(17-14)12-10(13)3-2-6-15-12/h2-3,6-8,11,17H,4-5,14H2,1H3. The van der Waals surface area contributed by atoms with Crippen LogP contribution in [0.1, 0.15) is 23.7 Å². The topological polar surface area (TPSA) is 68.8 Å². The maximum absolute atomic E-state index is 13.6. The Morgan fingerprint density at radius 2 is 2.39 bits per heavy atom. The van der Waals surface area contributed by atoms with Gasteiger partial charge in [-0.25, -0.2) is 4.39 Å². The minimum atomic E-state index is -0.341. The summed E-state index contributed by atoms with van der Waals surface area (Å²) in [5.41, 5.74) is 4.05. The number of aryl methyl sites for hydroxylation is 2. The van der Waals surface area contributed by atoms with Crippen molar-refractivity contribution in [2.24, 2.45) is 12.9 Å². The number of nitrogens with one attached hydrogen (secondary N) is 1. The number of nitrogens with two attached hydrogens (primary N) is 1. The van der Waals surface area contributed by atoms with Gasteiger partial charge in [0.1, 0.15) is 5.82 Å². The molecule has 3 N–H and O–H groups in total. The predicted molar refractivity (Wildman–Crippen MR) is 65.8 cm³/mol. The van der Waals surface area contributed by atoms with Gasteiger partial charge in [0.2, 0.25) is 0 Å². The summed E-state index contributed by atoms with van der Waals surface area (Å²) in [6, 6.07) is 2.65. The molecule has 0 aliphatic rings. The van der Waals surface area contributed by atoms with Crippen molar-refractivity contribution in [3.8, 4) is 0 Å². The first-order valence-electron chi connectivity index (χ1n) is 5.74. The van der Waals surface area contributed by atoms with Gasteiger partial charge in [0.05, 0.1) is 17.9 Å². The van der Waals surface area contributed by atoms with Gasteiger partial charge in [-0.05, 0) is 30.5 Å². The molecule has 0 aliphatic carbocycles. The predicted octanol–water partition coefficient (Wildman–Crippen LogP) is 1.09. The van der Waals surface area contributed by atoms with Gasteiger partial charge in [0.25, 0.3) is 0 Å². The zero-order chi connectivity index (χ0) is 13.0. The summed E-state index contributed by atoms with van der Waals surface area (Å²) >= 11 is 0. The number of halogens is 1. The number of nitrogens with zero attached hydrogens (tertiary/aromatic N) is 3. The third kappa shape index (κ3) is 2.91. The number of rotatable bonds is 5. The average molecular weight is 249 g/mol. The lowest BCUT2D eigenvalue weighted by atomic mass is 10.0. The van der Waals surface area contributed by atoms with Crippen LogP contribution in [0.3, 0.4) is 0 Å². The molecule has 0 spiro atoms. The highest BCUT2D eigenvalue weighted by Gasteiger charge is 2.15. The fourth-order valence-electron chi connectivity index (χ4n) is 1.87. The van der Waals surface area contributed by atoms with Crippen molar-refractivity contribution >= 4 is 0 Å². The van der Waals surface area contributed by atoms with E-state index in [0.29, 0.717) is 12.1 Å². The summed E-state index contributed by atoms with van der Waals surface area (Å²) in [5.74, 6) is 5.12. The van der Waals surface area contributed by atoms with Crippen LogP contribution in [0.15, 0.2) is 30.7 Å². The van der Waals surface area contributed by atoms with Crippen molar-refractivity contribution in [1.29, 1.82) is 0 Å². The monoisotopic (exact) mass is 249 g/mol. The first-order valence-corrected chi connectivity index (χ1v) is 5.74. The molecule has 0 amide bonds. The SMILES string of the molecule is Cn1cc(CCC(NN)c2ncccc2F)cn1. The van der Waals surface area contributed by atoms with E-state index in [0.717, 1.165) is 12.0 Å². The highest BCUT2D eigenvalue weighted by Crippen LogP contribution is 2.18. The van der Waals surface area contributed by atoms with Crippen molar-refractivity contribution < 1.29 is 4.39 Å². The van der Waals surface area contributed by atoms with Crippen molar-refractivity contribution in [1.82, 2.24) is 20.2 Å². The number of hydrogen-bond acceptors (Lipinski definition) is 4. The fourth-order valence-corrected chi connectivity index (χ4v) is 1.87. The van der Waals surface area contributed by atoms with Crippen LogP contribution >= 0.6 is 0 Å². The van der Waals surface area contributed by atoms with E-state index in [9.17, 15) is 4.39 Å². The number of hydrazine groups is 1. The Labute approximate surface area is 105 Å². The average Bonchev–Trinajstić information content (AvgIpc) is 2.78. The molecule has 5 nitrogen and oxygen atoms in total. The van der Waals surface area contributed by atoms with Crippen LogP contribution in [0.25, 0.3) is 0 Å². The first kappa shape index (κ1) is 12.7. The number of pyridine rings is 1. The zero-order valence-electron chi connectivity index (χ0n) is 10.2. The van der Waals surface area contributed by atoms with Crippen LogP contribution in [-0.4, -0.2) is 14.8 Å². The van der Waals surface area contributed by atoms with E-state index in [4.69, 9.17) is 5.84 Å². The summed E-state index contributed by atoms with van der Waals surface area (Å²) in [7, 11) is 1.86. The van der Waals surface area contributed by atoms with E-state index in [2.05, 4.69) is 15.5 Å². The molecule has 6 heteroatoms. The lowest BCUT2D eigenvalue weighted by Gasteiger charge is -2.15. The highest BCUT2D eigenvalue weighted by atomic mass is 19.1. The van der Waals surface area contributed by atoms with E-state index in [1.54, 1.807) is 23.1 Å². The van der Waals surface area contributed by atoms with E-state index in [1.807, 2.05) is 13.2 Å². The van der Waals surface area contributed by atoms with Crippen LogP contribution in [0.4, 0.5) is 4.39 Å². The quantitative estimate of drug-likeness (QED) is 0.615. The van der Waals surface area contributed by atoms with E-state index >= 15 is 0 Å². The normalized spacial score (nSPS) is 12.6. The Morgan fingerprint density at radius 1 is 1.56 bits per heavy atom. The maximum Gasteiger partial charge on any atom is 0.146 e. The van der Waals surface area contributed by atoms with E-state index in [1.165, 1.54) is 6.07 Å². The molecule has 0 fully saturated rings. The summed E-state index contributed by atoms with van der Waals surface area (Å²) in [6.07, 6.45) is 6.71. The molecule has 0 radical (unpaired) electrons. The summed E-state index contributed by atoms with van der Waals surface area (Å²) < 4.78 is 15.3. The Hall–Kier alpha value is -1.79. The molecular formula is C12H16FN5. The summed E-state index contributed by atoms with van der Waals surface area (Å²) in [6.45, 7) is 0. The molecule has 0 aliphatic heterocycles. The highest BCUT2D eigenvalue weighted by molar-refractivity contribution is 5.13. The first-order chi connectivity index (χ1) is 8.70. The molecule has 0 saturated heterocycles. The molecule has 2 aromatic rings. The summed E-state index contributed by atoms with van der Waals surface area (Å²) in [4.78, 5) is 4.03. The molecule has 2 heterocycles. The Kier molecular flexibility index (Phi) is 4.01. The minimum Gasteiger partial charge on any atom is -0.276 e. The molecule has 0 bridgehead atoms. The summed E-state index contributed by atoms with van der Waals surface area (Å²) in [5, 5.41) is 4.09. The lowest BCUT2D eigenvalue weighted by Crippen LogP contribution is -2.29. The second kappa shape index (κ2) is 5.70.